The van der Waals surface area contributed by atoms with Crippen molar-refractivity contribution in [2.45, 2.75) is 44.9 Å². The SMILES string of the molecule is C[C@@H]1CCCN(C(=O)Cc2nnc3cc(-c4nc(C5CC5)no4)ccn23)C1. The molecule has 2 aliphatic rings. The van der Waals surface area contributed by atoms with Crippen molar-refractivity contribution in [3.8, 4) is 11.5 Å². The fourth-order valence-corrected chi connectivity index (χ4v) is 3.72. The van der Waals surface area contributed by atoms with Crippen LogP contribution in [0.1, 0.15) is 50.2 Å². The number of pyridine rings is 1. The van der Waals surface area contributed by atoms with Crippen molar-refractivity contribution in [2.24, 2.45) is 5.92 Å². The van der Waals surface area contributed by atoms with Gasteiger partial charge >= 0.3 is 0 Å². The number of nitrogens with zero attached hydrogens (tertiary/aromatic N) is 6. The molecule has 0 aromatic carbocycles. The minimum atomic E-state index is 0.117. The standard InChI is InChI=1S/C19H22N6O2/c1-12-3-2-7-24(11-12)17(26)10-16-22-21-15-9-14(6-8-25(15)16)19-20-18(23-27-19)13-4-5-13/h6,8-9,12-13H,2-5,7,10-11H2,1H3/t12-/m1/s1. The van der Waals surface area contributed by atoms with Gasteiger partial charge in [-0.05, 0) is 43.7 Å². The lowest BCUT2D eigenvalue weighted by molar-refractivity contribution is -0.132. The van der Waals surface area contributed by atoms with E-state index in [4.69, 9.17) is 4.52 Å². The number of amides is 1. The van der Waals surface area contributed by atoms with Gasteiger partial charge in [-0.25, -0.2) is 0 Å². The number of rotatable bonds is 4. The molecule has 0 radical (unpaired) electrons. The van der Waals surface area contributed by atoms with Gasteiger partial charge < -0.3 is 9.42 Å². The molecule has 1 atom stereocenters. The van der Waals surface area contributed by atoms with Crippen LogP contribution in [-0.4, -0.2) is 48.6 Å². The Hall–Kier alpha value is -2.77. The van der Waals surface area contributed by atoms with Crippen molar-refractivity contribution in [3.05, 3.63) is 30.0 Å². The first-order valence-corrected chi connectivity index (χ1v) is 9.63. The third kappa shape index (κ3) is 3.20. The van der Waals surface area contributed by atoms with Crippen LogP contribution in [0, 0.1) is 5.92 Å². The molecule has 0 unspecified atom stereocenters. The molecule has 1 aliphatic heterocycles. The Kier molecular flexibility index (Phi) is 3.91. The first kappa shape index (κ1) is 16.4. The number of aromatic nitrogens is 5. The minimum absolute atomic E-state index is 0.117. The van der Waals surface area contributed by atoms with E-state index in [2.05, 4.69) is 27.3 Å². The van der Waals surface area contributed by atoms with Gasteiger partial charge in [-0.3, -0.25) is 9.20 Å². The molecule has 5 rings (SSSR count). The van der Waals surface area contributed by atoms with E-state index in [1.54, 1.807) is 0 Å². The van der Waals surface area contributed by atoms with Crippen molar-refractivity contribution in [1.29, 1.82) is 0 Å². The van der Waals surface area contributed by atoms with Gasteiger partial charge in [0.15, 0.2) is 11.5 Å². The summed E-state index contributed by atoms with van der Waals surface area (Å²) in [7, 11) is 0. The molecule has 140 valence electrons. The molecule has 2 fully saturated rings. The number of likely N-dealkylation sites (tertiary alicyclic amines) is 1. The average molecular weight is 366 g/mol. The number of hydrogen-bond donors (Lipinski definition) is 0. The quantitative estimate of drug-likeness (QED) is 0.705. The second-order valence-electron chi connectivity index (χ2n) is 7.76. The fraction of sp³-hybridized carbons (Fsp3) is 0.526. The van der Waals surface area contributed by atoms with Crippen molar-refractivity contribution in [2.75, 3.05) is 13.1 Å². The van der Waals surface area contributed by atoms with Gasteiger partial charge in [0.05, 0.1) is 6.42 Å². The Bertz CT molecular complexity index is 989. The van der Waals surface area contributed by atoms with E-state index >= 15 is 0 Å². The van der Waals surface area contributed by atoms with Gasteiger partial charge in [0.2, 0.25) is 5.91 Å². The minimum Gasteiger partial charge on any atom is -0.342 e. The Balaban J connectivity index is 1.36. The van der Waals surface area contributed by atoms with E-state index in [-0.39, 0.29) is 12.3 Å². The van der Waals surface area contributed by atoms with Gasteiger partial charge in [-0.2, -0.15) is 4.98 Å². The summed E-state index contributed by atoms with van der Waals surface area (Å²) in [5, 5.41) is 12.5. The van der Waals surface area contributed by atoms with E-state index in [1.165, 1.54) is 6.42 Å². The number of fused-ring (bicyclic) bond motifs is 1. The zero-order chi connectivity index (χ0) is 18.4. The highest BCUT2D eigenvalue weighted by molar-refractivity contribution is 5.78. The molecule has 3 aromatic rings. The molecule has 27 heavy (non-hydrogen) atoms. The summed E-state index contributed by atoms with van der Waals surface area (Å²) in [5.74, 6) is 3.08. The molecule has 1 amide bonds. The summed E-state index contributed by atoms with van der Waals surface area (Å²) in [6.45, 7) is 3.87. The summed E-state index contributed by atoms with van der Waals surface area (Å²) < 4.78 is 7.24. The smallest absolute Gasteiger partial charge is 0.258 e. The van der Waals surface area contributed by atoms with Crippen LogP contribution in [-0.2, 0) is 11.2 Å². The fourth-order valence-electron chi connectivity index (χ4n) is 3.72. The largest absolute Gasteiger partial charge is 0.342 e. The number of carbonyl (C=O) groups is 1. The highest BCUT2D eigenvalue weighted by Crippen LogP contribution is 2.38. The molecule has 1 aliphatic carbocycles. The molecule has 1 saturated heterocycles. The molecule has 0 bridgehead atoms. The third-order valence-electron chi connectivity index (χ3n) is 5.43. The number of hydrogen-bond acceptors (Lipinski definition) is 6. The van der Waals surface area contributed by atoms with E-state index < -0.39 is 0 Å². The molecule has 0 spiro atoms. The van der Waals surface area contributed by atoms with E-state index in [0.29, 0.717) is 29.2 Å². The predicted octanol–water partition coefficient (Wildman–Crippen LogP) is 2.46. The van der Waals surface area contributed by atoms with Crippen molar-refractivity contribution in [1.82, 2.24) is 29.6 Å². The number of carbonyl (C=O) groups excluding carboxylic acids is 1. The molecule has 0 N–H and O–H groups in total. The van der Waals surface area contributed by atoms with E-state index in [9.17, 15) is 4.79 Å². The van der Waals surface area contributed by atoms with Gasteiger partial charge in [0.25, 0.3) is 5.89 Å². The van der Waals surface area contributed by atoms with Crippen molar-refractivity contribution in [3.63, 3.8) is 0 Å². The summed E-state index contributed by atoms with van der Waals surface area (Å²) in [6, 6.07) is 3.77. The van der Waals surface area contributed by atoms with Gasteiger partial charge in [-0.1, -0.05) is 12.1 Å². The van der Waals surface area contributed by atoms with Crippen LogP contribution in [0.3, 0.4) is 0 Å². The maximum atomic E-state index is 12.6. The van der Waals surface area contributed by atoms with Crippen LogP contribution in [0.4, 0.5) is 0 Å². The summed E-state index contributed by atoms with van der Waals surface area (Å²) >= 11 is 0. The highest BCUT2D eigenvalue weighted by Gasteiger charge is 2.29. The predicted molar refractivity (Wildman–Crippen MR) is 96.9 cm³/mol. The van der Waals surface area contributed by atoms with Crippen LogP contribution in [0.15, 0.2) is 22.9 Å². The second-order valence-corrected chi connectivity index (χ2v) is 7.76. The molecule has 4 heterocycles. The molecule has 3 aromatic heterocycles. The van der Waals surface area contributed by atoms with Crippen molar-refractivity contribution >= 4 is 11.6 Å². The van der Waals surface area contributed by atoms with Crippen molar-refractivity contribution < 1.29 is 9.32 Å². The van der Waals surface area contributed by atoms with Crippen LogP contribution >= 0.6 is 0 Å². The van der Waals surface area contributed by atoms with Crippen LogP contribution in [0.5, 0.6) is 0 Å². The lowest BCUT2D eigenvalue weighted by atomic mass is 10.00. The Morgan fingerprint density at radius 3 is 3.00 bits per heavy atom. The molecule has 8 heteroatoms. The second kappa shape index (κ2) is 6.44. The summed E-state index contributed by atoms with van der Waals surface area (Å²) in [4.78, 5) is 19.0. The lowest BCUT2D eigenvalue weighted by Crippen LogP contribution is -2.40. The van der Waals surface area contributed by atoms with Crippen LogP contribution in [0.2, 0.25) is 0 Å². The topological polar surface area (TPSA) is 89.4 Å². The third-order valence-corrected chi connectivity index (χ3v) is 5.43. The van der Waals surface area contributed by atoms with Gasteiger partial charge in [0.1, 0.15) is 5.82 Å². The summed E-state index contributed by atoms with van der Waals surface area (Å²) in [6.07, 6.45) is 6.67. The van der Waals surface area contributed by atoms with E-state index in [1.807, 2.05) is 27.6 Å². The Labute approximate surface area is 156 Å². The molecular weight excluding hydrogens is 344 g/mol. The maximum Gasteiger partial charge on any atom is 0.258 e. The zero-order valence-corrected chi connectivity index (χ0v) is 15.3. The Morgan fingerprint density at radius 2 is 2.19 bits per heavy atom. The first-order valence-electron chi connectivity index (χ1n) is 9.63. The lowest BCUT2D eigenvalue weighted by Gasteiger charge is -2.30. The van der Waals surface area contributed by atoms with Crippen LogP contribution < -0.4 is 0 Å². The van der Waals surface area contributed by atoms with Gasteiger partial charge in [-0.15, -0.1) is 10.2 Å². The number of piperidine rings is 1. The maximum absolute atomic E-state index is 12.6. The van der Waals surface area contributed by atoms with E-state index in [0.717, 1.165) is 43.7 Å². The molecule has 1 saturated carbocycles. The first-order chi connectivity index (χ1) is 13.2. The molecular formula is C19H22N6O2. The van der Waals surface area contributed by atoms with Crippen LogP contribution in [0.25, 0.3) is 17.1 Å². The zero-order valence-electron chi connectivity index (χ0n) is 15.3. The normalized spacial score (nSPS) is 20.3. The Morgan fingerprint density at radius 1 is 1.30 bits per heavy atom. The van der Waals surface area contributed by atoms with Gasteiger partial charge in [0, 0.05) is 30.8 Å². The average Bonchev–Trinajstić information content (AvgIpc) is 3.27. The molecule has 8 nitrogen and oxygen atoms in total. The monoisotopic (exact) mass is 366 g/mol. The highest BCUT2D eigenvalue weighted by atomic mass is 16.5. The summed E-state index contributed by atoms with van der Waals surface area (Å²) in [5.41, 5.74) is 1.49.